The Bertz CT molecular complexity index is 868. The number of rotatable bonds is 5. The number of hydrogen-bond acceptors (Lipinski definition) is 1. The quantitative estimate of drug-likeness (QED) is 0.656. The van der Waals surface area contributed by atoms with E-state index in [1.54, 1.807) is 0 Å². The zero-order valence-corrected chi connectivity index (χ0v) is 14.6. The molecular formula is C22H24N2O. The maximum Gasteiger partial charge on any atom is 0.224 e. The molecule has 128 valence electrons. The van der Waals surface area contributed by atoms with Gasteiger partial charge in [0.2, 0.25) is 5.91 Å². The number of hydrogen-bond donors (Lipinski definition) is 0. The molecule has 1 saturated heterocycles. The van der Waals surface area contributed by atoms with Crippen LogP contribution in [0.4, 0.5) is 0 Å². The van der Waals surface area contributed by atoms with Gasteiger partial charge in [0.25, 0.3) is 0 Å². The first-order valence-corrected chi connectivity index (χ1v) is 9.18. The number of carbonyl (C=O) groups is 1. The van der Waals surface area contributed by atoms with Gasteiger partial charge < -0.3 is 9.47 Å². The molecule has 3 nitrogen and oxygen atoms in total. The van der Waals surface area contributed by atoms with Gasteiger partial charge in [-0.1, -0.05) is 61.9 Å². The van der Waals surface area contributed by atoms with Gasteiger partial charge in [-0.3, -0.25) is 4.79 Å². The molecule has 0 aliphatic carbocycles. The highest BCUT2D eigenvalue weighted by Gasteiger charge is 2.35. The Hall–Kier alpha value is -2.55. The Morgan fingerprint density at radius 3 is 2.60 bits per heavy atom. The lowest BCUT2D eigenvalue weighted by Gasteiger charge is -2.31. The molecule has 3 aromatic rings. The summed E-state index contributed by atoms with van der Waals surface area (Å²) >= 11 is 0. The molecule has 4 rings (SSSR count). The van der Waals surface area contributed by atoms with E-state index in [2.05, 4.69) is 77.2 Å². The van der Waals surface area contributed by atoms with Crippen LogP contribution >= 0.6 is 0 Å². The summed E-state index contributed by atoms with van der Waals surface area (Å²) in [5, 5.41) is 1.21. The number of benzene rings is 2. The lowest BCUT2D eigenvalue weighted by Crippen LogP contribution is -2.34. The van der Waals surface area contributed by atoms with Crippen LogP contribution in [0.25, 0.3) is 10.9 Å². The first-order valence-electron chi connectivity index (χ1n) is 9.18. The van der Waals surface area contributed by atoms with Crippen LogP contribution in [0, 0.1) is 5.92 Å². The molecule has 2 aromatic carbocycles. The molecule has 0 spiro atoms. The van der Waals surface area contributed by atoms with E-state index in [1.807, 2.05) is 6.07 Å². The van der Waals surface area contributed by atoms with E-state index in [0.29, 0.717) is 12.3 Å². The summed E-state index contributed by atoms with van der Waals surface area (Å²) in [6, 6.07) is 20.9. The molecule has 0 saturated carbocycles. The molecule has 3 heteroatoms. The van der Waals surface area contributed by atoms with Crippen LogP contribution in [-0.4, -0.2) is 21.9 Å². The lowest BCUT2D eigenvalue weighted by atomic mass is 10.0. The Morgan fingerprint density at radius 2 is 1.80 bits per heavy atom. The predicted octanol–water partition coefficient (Wildman–Crippen LogP) is 4.84. The fourth-order valence-corrected chi connectivity index (χ4v) is 4.08. The van der Waals surface area contributed by atoms with Gasteiger partial charge in [-0.2, -0.15) is 0 Å². The van der Waals surface area contributed by atoms with Crippen LogP contribution in [-0.2, 0) is 4.79 Å². The number of carbonyl (C=O) groups excluding carboxylic acids is 1. The molecule has 0 N–H and O–H groups in total. The van der Waals surface area contributed by atoms with E-state index in [4.69, 9.17) is 0 Å². The van der Waals surface area contributed by atoms with Gasteiger partial charge in [-0.05, 0) is 35.4 Å². The second-order valence-corrected chi connectivity index (χ2v) is 6.97. The van der Waals surface area contributed by atoms with Gasteiger partial charge in [-0.25, -0.2) is 0 Å². The molecule has 1 fully saturated rings. The fourth-order valence-electron chi connectivity index (χ4n) is 4.08. The third-order valence-corrected chi connectivity index (χ3v) is 5.22. The first kappa shape index (κ1) is 15.9. The lowest BCUT2D eigenvalue weighted by molar-refractivity contribution is -0.130. The van der Waals surface area contributed by atoms with Crippen molar-refractivity contribution < 1.29 is 4.79 Å². The van der Waals surface area contributed by atoms with Gasteiger partial charge in [-0.15, -0.1) is 0 Å². The van der Waals surface area contributed by atoms with Crippen LogP contribution in [0.2, 0.25) is 0 Å². The maximum absolute atomic E-state index is 12.8. The third-order valence-electron chi connectivity index (χ3n) is 5.22. The van der Waals surface area contributed by atoms with E-state index in [-0.39, 0.29) is 12.1 Å². The Morgan fingerprint density at radius 1 is 1.04 bits per heavy atom. The highest BCUT2D eigenvalue weighted by Crippen LogP contribution is 2.34. The monoisotopic (exact) mass is 332 g/mol. The maximum atomic E-state index is 12.8. The molecule has 25 heavy (non-hydrogen) atoms. The summed E-state index contributed by atoms with van der Waals surface area (Å²) in [5.41, 5.74) is 2.33. The van der Waals surface area contributed by atoms with E-state index < -0.39 is 0 Å². The minimum absolute atomic E-state index is 0.0737. The summed E-state index contributed by atoms with van der Waals surface area (Å²) in [7, 11) is 0. The molecule has 1 aliphatic heterocycles. The summed E-state index contributed by atoms with van der Waals surface area (Å²) in [6.07, 6.45) is 4.97. The van der Waals surface area contributed by atoms with Crippen LogP contribution < -0.4 is 0 Å². The minimum atomic E-state index is -0.0737. The van der Waals surface area contributed by atoms with Crippen molar-refractivity contribution in [2.75, 3.05) is 6.54 Å². The largest absolute Gasteiger partial charge is 0.322 e. The van der Waals surface area contributed by atoms with Crippen molar-refractivity contribution in [2.45, 2.75) is 32.4 Å². The number of nitrogens with zero attached hydrogens (tertiary/aromatic N) is 2. The zero-order chi connectivity index (χ0) is 17.2. The summed E-state index contributed by atoms with van der Waals surface area (Å²) in [6.45, 7) is 3.04. The van der Waals surface area contributed by atoms with Gasteiger partial charge in [0, 0.05) is 19.2 Å². The van der Waals surface area contributed by atoms with Crippen LogP contribution in [0.3, 0.4) is 0 Å². The third kappa shape index (κ3) is 2.95. The molecular weight excluding hydrogens is 308 g/mol. The predicted molar refractivity (Wildman–Crippen MR) is 101 cm³/mol. The SMILES string of the molecule is CCCC1CC(=O)N(C(c2ccccc2)n2ccc3ccccc32)C1. The van der Waals surface area contributed by atoms with Gasteiger partial charge in [0.05, 0.1) is 5.52 Å². The van der Waals surface area contributed by atoms with E-state index in [0.717, 1.165) is 24.9 Å². The Balaban J connectivity index is 1.79. The molecule has 2 unspecified atom stereocenters. The molecule has 1 amide bonds. The smallest absolute Gasteiger partial charge is 0.224 e. The van der Waals surface area contributed by atoms with E-state index in [9.17, 15) is 4.79 Å². The molecule has 2 atom stereocenters. The highest BCUT2D eigenvalue weighted by atomic mass is 16.2. The van der Waals surface area contributed by atoms with Crippen LogP contribution in [0.1, 0.15) is 37.9 Å². The van der Waals surface area contributed by atoms with Crippen LogP contribution in [0.5, 0.6) is 0 Å². The fraction of sp³-hybridized carbons (Fsp3) is 0.318. The van der Waals surface area contributed by atoms with Crippen molar-refractivity contribution in [1.29, 1.82) is 0 Å². The first-order chi connectivity index (χ1) is 12.3. The number of para-hydroxylation sites is 1. The van der Waals surface area contributed by atoms with Crippen LogP contribution in [0.15, 0.2) is 66.9 Å². The minimum Gasteiger partial charge on any atom is -0.322 e. The molecule has 2 heterocycles. The average molecular weight is 332 g/mol. The van der Waals surface area contributed by atoms with Crippen molar-refractivity contribution in [3.05, 3.63) is 72.4 Å². The second kappa shape index (κ2) is 6.75. The highest BCUT2D eigenvalue weighted by molar-refractivity contribution is 5.82. The van der Waals surface area contributed by atoms with E-state index >= 15 is 0 Å². The number of amides is 1. The Kier molecular flexibility index (Phi) is 4.31. The van der Waals surface area contributed by atoms with Crippen molar-refractivity contribution >= 4 is 16.8 Å². The van der Waals surface area contributed by atoms with Crippen molar-refractivity contribution in [3.63, 3.8) is 0 Å². The van der Waals surface area contributed by atoms with Crippen molar-refractivity contribution in [3.8, 4) is 0 Å². The van der Waals surface area contributed by atoms with Gasteiger partial charge in [0.1, 0.15) is 6.17 Å². The molecule has 1 aromatic heterocycles. The average Bonchev–Trinajstić information content (AvgIpc) is 3.21. The number of aromatic nitrogens is 1. The number of likely N-dealkylation sites (tertiary alicyclic amines) is 1. The van der Waals surface area contributed by atoms with E-state index in [1.165, 1.54) is 10.9 Å². The zero-order valence-electron chi connectivity index (χ0n) is 14.6. The molecule has 0 bridgehead atoms. The second-order valence-electron chi connectivity index (χ2n) is 6.97. The van der Waals surface area contributed by atoms with Gasteiger partial charge >= 0.3 is 0 Å². The summed E-state index contributed by atoms with van der Waals surface area (Å²) in [5.74, 6) is 0.746. The topological polar surface area (TPSA) is 25.2 Å². The normalized spacial score (nSPS) is 18.8. The van der Waals surface area contributed by atoms with Gasteiger partial charge in [0.15, 0.2) is 0 Å². The summed E-state index contributed by atoms with van der Waals surface area (Å²) in [4.78, 5) is 14.9. The molecule has 1 aliphatic rings. The standard InChI is InChI=1S/C22H24N2O/c1-2-8-17-15-21(25)24(16-17)22(19-10-4-3-5-11-19)23-14-13-18-9-6-7-12-20(18)23/h3-7,9-14,17,22H,2,8,15-16H2,1H3. The Labute approximate surface area is 148 Å². The number of fused-ring (bicyclic) bond motifs is 1. The van der Waals surface area contributed by atoms with Crippen molar-refractivity contribution in [2.24, 2.45) is 5.92 Å². The molecule has 0 radical (unpaired) electrons. The van der Waals surface area contributed by atoms with Crippen molar-refractivity contribution in [1.82, 2.24) is 9.47 Å². The summed E-state index contributed by atoms with van der Waals surface area (Å²) < 4.78 is 2.25.